The van der Waals surface area contributed by atoms with E-state index in [1.807, 2.05) is 13.8 Å². The van der Waals surface area contributed by atoms with E-state index in [4.69, 9.17) is 10.00 Å². The first-order valence-electron chi connectivity index (χ1n) is 7.87. The smallest absolute Gasteiger partial charge is 0.416 e. The van der Waals surface area contributed by atoms with Crippen molar-refractivity contribution in [3.05, 3.63) is 35.4 Å². The fourth-order valence-electron chi connectivity index (χ4n) is 2.08. The van der Waals surface area contributed by atoms with Gasteiger partial charge < -0.3 is 15.4 Å². The molecular weight excluding hydrogens is 351 g/mol. The van der Waals surface area contributed by atoms with Gasteiger partial charge in [-0.15, -0.1) is 0 Å². The minimum absolute atomic E-state index is 0.100. The number of hydrogen-bond acceptors (Lipinski definition) is 4. The summed E-state index contributed by atoms with van der Waals surface area (Å²) >= 11 is 0. The first kappa shape index (κ1) is 21.3. The molecule has 26 heavy (non-hydrogen) atoms. The van der Waals surface area contributed by atoms with Crippen molar-refractivity contribution in [1.29, 1.82) is 5.26 Å². The maximum atomic E-state index is 12.5. The highest BCUT2D eigenvalue weighted by molar-refractivity contribution is 5.85. The van der Waals surface area contributed by atoms with Crippen LogP contribution in [-0.2, 0) is 22.3 Å². The van der Waals surface area contributed by atoms with Crippen LogP contribution in [0, 0.1) is 17.2 Å². The predicted octanol–water partition coefficient (Wildman–Crippen LogP) is 2.99. The third-order valence-electron chi connectivity index (χ3n) is 3.31. The SMILES string of the molecule is CC(C)C[C@H](NC(=O)OCc1ccc(C(F)(F)F)cc1)C(=O)NCC#N. The van der Waals surface area contributed by atoms with Gasteiger partial charge in [0.25, 0.3) is 0 Å². The molecule has 0 spiro atoms. The molecular formula is C17H20F3N3O3. The lowest BCUT2D eigenvalue weighted by atomic mass is 10.0. The summed E-state index contributed by atoms with van der Waals surface area (Å²) in [6, 6.07) is 5.11. The zero-order valence-corrected chi connectivity index (χ0v) is 14.4. The van der Waals surface area contributed by atoms with Gasteiger partial charge in [0.1, 0.15) is 19.2 Å². The summed E-state index contributed by atoms with van der Waals surface area (Å²) in [7, 11) is 0. The maximum Gasteiger partial charge on any atom is 0.416 e. The van der Waals surface area contributed by atoms with Crippen molar-refractivity contribution >= 4 is 12.0 Å². The number of nitriles is 1. The number of alkyl halides is 3. The Morgan fingerprint density at radius 1 is 1.23 bits per heavy atom. The third-order valence-corrected chi connectivity index (χ3v) is 3.31. The monoisotopic (exact) mass is 371 g/mol. The van der Waals surface area contributed by atoms with Crippen LogP contribution in [0.5, 0.6) is 0 Å². The number of hydrogen-bond donors (Lipinski definition) is 2. The topological polar surface area (TPSA) is 91.2 Å². The molecule has 0 fully saturated rings. The minimum Gasteiger partial charge on any atom is -0.445 e. The Bertz CT molecular complexity index is 652. The molecule has 0 saturated heterocycles. The molecule has 0 aliphatic rings. The normalized spacial score (nSPS) is 12.2. The van der Waals surface area contributed by atoms with Crippen molar-refractivity contribution < 1.29 is 27.5 Å². The highest BCUT2D eigenvalue weighted by Crippen LogP contribution is 2.29. The van der Waals surface area contributed by atoms with Crippen LogP contribution in [0.4, 0.5) is 18.0 Å². The van der Waals surface area contributed by atoms with Gasteiger partial charge in [0.2, 0.25) is 5.91 Å². The minimum atomic E-state index is -4.43. The summed E-state index contributed by atoms with van der Waals surface area (Å²) in [6.07, 6.45) is -4.97. The molecule has 0 radical (unpaired) electrons. The molecule has 0 aromatic heterocycles. The fraction of sp³-hybridized carbons (Fsp3) is 0.471. The van der Waals surface area contributed by atoms with E-state index >= 15 is 0 Å². The summed E-state index contributed by atoms with van der Waals surface area (Å²) in [6.45, 7) is 3.30. The molecule has 9 heteroatoms. The highest BCUT2D eigenvalue weighted by atomic mass is 19.4. The molecule has 2 amide bonds. The highest BCUT2D eigenvalue weighted by Gasteiger charge is 2.30. The Hall–Kier alpha value is -2.76. The van der Waals surface area contributed by atoms with E-state index in [-0.39, 0.29) is 19.1 Å². The van der Waals surface area contributed by atoms with E-state index in [2.05, 4.69) is 10.6 Å². The molecule has 0 aliphatic heterocycles. The number of alkyl carbamates (subject to hydrolysis) is 1. The van der Waals surface area contributed by atoms with Crippen LogP contribution in [0.15, 0.2) is 24.3 Å². The number of nitrogens with zero attached hydrogens (tertiary/aromatic N) is 1. The van der Waals surface area contributed by atoms with Crippen LogP contribution in [0.2, 0.25) is 0 Å². The van der Waals surface area contributed by atoms with Gasteiger partial charge in [0.05, 0.1) is 11.6 Å². The second kappa shape index (κ2) is 9.65. The third kappa shape index (κ3) is 7.42. The molecule has 0 saturated carbocycles. The predicted molar refractivity (Wildman–Crippen MR) is 86.6 cm³/mol. The molecule has 1 aromatic carbocycles. The molecule has 1 atom stereocenters. The lowest BCUT2D eigenvalue weighted by molar-refractivity contribution is -0.137. The second-order valence-electron chi connectivity index (χ2n) is 5.97. The van der Waals surface area contributed by atoms with E-state index in [9.17, 15) is 22.8 Å². The van der Waals surface area contributed by atoms with E-state index in [0.717, 1.165) is 12.1 Å². The fourth-order valence-corrected chi connectivity index (χ4v) is 2.08. The number of rotatable bonds is 7. The Kier molecular flexibility index (Phi) is 7.90. The van der Waals surface area contributed by atoms with Crippen LogP contribution < -0.4 is 10.6 Å². The standard InChI is InChI=1S/C17H20F3N3O3/c1-11(2)9-14(15(24)22-8-7-21)23-16(25)26-10-12-3-5-13(6-4-12)17(18,19)20/h3-6,11,14H,8-10H2,1-2H3,(H,22,24)(H,23,25)/t14-/m0/s1. The van der Waals surface area contributed by atoms with Crippen LogP contribution in [0.1, 0.15) is 31.4 Å². The number of benzene rings is 1. The number of nitrogens with one attached hydrogen (secondary N) is 2. The Balaban J connectivity index is 2.59. The molecule has 142 valence electrons. The van der Waals surface area contributed by atoms with Crippen LogP contribution in [0.3, 0.4) is 0 Å². The lowest BCUT2D eigenvalue weighted by Crippen LogP contribution is -2.47. The molecule has 0 aliphatic carbocycles. The van der Waals surface area contributed by atoms with E-state index in [1.165, 1.54) is 12.1 Å². The molecule has 0 unspecified atom stereocenters. The summed E-state index contributed by atoms with van der Waals surface area (Å²) < 4.78 is 42.4. The van der Waals surface area contributed by atoms with Crippen molar-refractivity contribution in [1.82, 2.24) is 10.6 Å². The first-order chi connectivity index (χ1) is 12.1. The largest absolute Gasteiger partial charge is 0.445 e. The van der Waals surface area contributed by atoms with E-state index < -0.39 is 29.8 Å². The average molecular weight is 371 g/mol. The van der Waals surface area contributed by atoms with Crippen LogP contribution in [0.25, 0.3) is 0 Å². The number of halogens is 3. The summed E-state index contributed by atoms with van der Waals surface area (Å²) in [4.78, 5) is 23.8. The van der Waals surface area contributed by atoms with Crippen molar-refractivity contribution in [3.63, 3.8) is 0 Å². The molecule has 1 rings (SSSR count). The average Bonchev–Trinajstić information content (AvgIpc) is 2.56. The maximum absolute atomic E-state index is 12.5. The zero-order chi connectivity index (χ0) is 19.7. The molecule has 1 aromatic rings. The number of carbonyl (C=O) groups excluding carboxylic acids is 2. The number of carbonyl (C=O) groups is 2. The van der Waals surface area contributed by atoms with Crippen LogP contribution in [-0.4, -0.2) is 24.6 Å². The molecule has 0 heterocycles. The number of amides is 2. The number of ether oxygens (including phenoxy) is 1. The summed E-state index contributed by atoms with van der Waals surface area (Å²) in [5.41, 5.74) is -0.417. The van der Waals surface area contributed by atoms with Gasteiger partial charge in [-0.3, -0.25) is 4.79 Å². The van der Waals surface area contributed by atoms with Gasteiger partial charge in [-0.05, 0) is 30.0 Å². The Morgan fingerprint density at radius 2 is 1.85 bits per heavy atom. The van der Waals surface area contributed by atoms with Crippen LogP contribution >= 0.6 is 0 Å². The Morgan fingerprint density at radius 3 is 2.35 bits per heavy atom. The van der Waals surface area contributed by atoms with Gasteiger partial charge in [-0.1, -0.05) is 26.0 Å². The van der Waals surface area contributed by atoms with E-state index in [0.29, 0.717) is 12.0 Å². The van der Waals surface area contributed by atoms with Crippen molar-refractivity contribution in [2.24, 2.45) is 5.92 Å². The summed E-state index contributed by atoms with van der Waals surface area (Å²) in [5.74, 6) is -0.408. The lowest BCUT2D eigenvalue weighted by Gasteiger charge is -2.19. The molecule has 2 N–H and O–H groups in total. The molecule has 0 bridgehead atoms. The van der Waals surface area contributed by atoms with Crippen molar-refractivity contribution in [2.75, 3.05) is 6.54 Å². The van der Waals surface area contributed by atoms with Gasteiger partial charge >= 0.3 is 12.3 Å². The van der Waals surface area contributed by atoms with Gasteiger partial charge in [-0.2, -0.15) is 18.4 Å². The van der Waals surface area contributed by atoms with Gasteiger partial charge in [0.15, 0.2) is 0 Å². The first-order valence-corrected chi connectivity index (χ1v) is 7.87. The van der Waals surface area contributed by atoms with E-state index in [1.54, 1.807) is 6.07 Å². The molecule has 6 nitrogen and oxygen atoms in total. The Labute approximate surface area is 149 Å². The summed E-state index contributed by atoms with van der Waals surface area (Å²) in [5, 5.41) is 13.3. The van der Waals surface area contributed by atoms with Crippen molar-refractivity contribution in [3.8, 4) is 6.07 Å². The second-order valence-corrected chi connectivity index (χ2v) is 5.97. The van der Waals surface area contributed by atoms with Crippen molar-refractivity contribution in [2.45, 2.75) is 39.1 Å². The van der Waals surface area contributed by atoms with Gasteiger partial charge in [0, 0.05) is 0 Å². The quantitative estimate of drug-likeness (QED) is 0.721. The zero-order valence-electron chi connectivity index (χ0n) is 14.4. The van der Waals surface area contributed by atoms with Gasteiger partial charge in [-0.25, -0.2) is 4.79 Å².